The molecule has 6 N–H and O–H groups in total. The molecular weight excluding hydrogens is 302 g/mol. The van der Waals surface area contributed by atoms with Gasteiger partial charge in [0.2, 0.25) is 10.0 Å². The van der Waals surface area contributed by atoms with Crippen molar-refractivity contribution in [2.75, 3.05) is 23.3 Å². The third-order valence-electron chi connectivity index (χ3n) is 2.96. The van der Waals surface area contributed by atoms with E-state index in [-0.39, 0.29) is 23.0 Å². The van der Waals surface area contributed by atoms with Crippen molar-refractivity contribution < 1.29 is 13.2 Å². The molecule has 1 aliphatic carbocycles. The van der Waals surface area contributed by atoms with Gasteiger partial charge in [-0.25, -0.2) is 18.5 Å². The summed E-state index contributed by atoms with van der Waals surface area (Å²) in [6.07, 6.45) is 3.38. The van der Waals surface area contributed by atoms with Crippen molar-refractivity contribution >= 4 is 38.2 Å². The smallest absolute Gasteiger partial charge is 0.265 e. The second-order valence-electron chi connectivity index (χ2n) is 4.63. The third-order valence-corrected chi connectivity index (χ3v) is 4.74. The van der Waals surface area contributed by atoms with Crippen LogP contribution in [0.3, 0.4) is 0 Å². The van der Waals surface area contributed by atoms with Crippen molar-refractivity contribution in [1.82, 2.24) is 10.3 Å². The molecule has 10 heteroatoms. The number of thiazole rings is 1. The molecule has 0 radical (unpaired) electrons. The molecule has 2 rings (SSSR count). The molecular formula is C10H17N5O3S2. The Kier molecular flexibility index (Phi) is 4.45. The fraction of sp³-hybridized carbons (Fsp3) is 0.600. The molecule has 1 fully saturated rings. The summed E-state index contributed by atoms with van der Waals surface area (Å²) < 4.78 is 21.5. The molecule has 0 aromatic carbocycles. The van der Waals surface area contributed by atoms with Crippen molar-refractivity contribution in [2.45, 2.75) is 25.3 Å². The Morgan fingerprint density at radius 2 is 2.15 bits per heavy atom. The largest absolute Gasteiger partial charge is 0.382 e. The molecule has 1 aromatic rings. The lowest BCUT2D eigenvalue weighted by molar-refractivity contribution is 0.0961. The summed E-state index contributed by atoms with van der Waals surface area (Å²) in [5, 5.41) is 11.1. The van der Waals surface area contributed by atoms with Gasteiger partial charge in [0.25, 0.3) is 5.91 Å². The van der Waals surface area contributed by atoms with Crippen LogP contribution < -0.4 is 21.5 Å². The van der Waals surface area contributed by atoms with Gasteiger partial charge in [0.15, 0.2) is 5.13 Å². The highest BCUT2D eigenvalue weighted by Crippen LogP contribution is 2.29. The van der Waals surface area contributed by atoms with Crippen LogP contribution in [0.5, 0.6) is 0 Å². The molecule has 0 spiro atoms. The van der Waals surface area contributed by atoms with E-state index < -0.39 is 15.9 Å². The lowest BCUT2D eigenvalue weighted by atomic mass is 9.93. The average Bonchev–Trinajstić information content (AvgIpc) is 2.63. The maximum atomic E-state index is 11.8. The molecule has 1 aliphatic rings. The zero-order chi connectivity index (χ0) is 14.8. The number of anilines is 2. The number of sulfonamides is 1. The number of carbonyl (C=O) groups is 1. The van der Waals surface area contributed by atoms with Crippen LogP contribution >= 0.6 is 11.3 Å². The number of aromatic nitrogens is 1. The van der Waals surface area contributed by atoms with Gasteiger partial charge in [-0.2, -0.15) is 0 Å². The number of amides is 1. The number of nitrogens with one attached hydrogen (secondary N) is 2. The number of hydrogen-bond donors (Lipinski definition) is 4. The van der Waals surface area contributed by atoms with E-state index in [1.165, 1.54) is 6.42 Å². The Hall–Kier alpha value is -1.39. The Bertz CT molecular complexity index is 594. The van der Waals surface area contributed by atoms with Gasteiger partial charge in [0.05, 0.1) is 5.75 Å². The molecule has 8 nitrogen and oxygen atoms in total. The highest BCUT2D eigenvalue weighted by molar-refractivity contribution is 7.89. The minimum Gasteiger partial charge on any atom is -0.382 e. The topological polar surface area (TPSA) is 140 Å². The summed E-state index contributed by atoms with van der Waals surface area (Å²) in [6, 6.07) is 0.402. The highest BCUT2D eigenvalue weighted by atomic mass is 32.2. The molecule has 1 saturated carbocycles. The van der Waals surface area contributed by atoms with E-state index in [1.54, 1.807) is 0 Å². The van der Waals surface area contributed by atoms with E-state index >= 15 is 0 Å². The minimum absolute atomic E-state index is 0.0552. The monoisotopic (exact) mass is 319 g/mol. The quantitative estimate of drug-likeness (QED) is 0.568. The molecule has 0 bridgehead atoms. The molecule has 1 amide bonds. The summed E-state index contributed by atoms with van der Waals surface area (Å²) in [4.78, 5) is 16.2. The lowest BCUT2D eigenvalue weighted by Gasteiger charge is -2.25. The van der Waals surface area contributed by atoms with Crippen LogP contribution in [0.15, 0.2) is 0 Å². The Balaban J connectivity index is 1.91. The van der Waals surface area contributed by atoms with Crippen LogP contribution in [0.4, 0.5) is 10.9 Å². The average molecular weight is 319 g/mol. The fourth-order valence-corrected chi connectivity index (χ4v) is 2.94. The summed E-state index contributed by atoms with van der Waals surface area (Å²) in [7, 11) is -3.59. The van der Waals surface area contributed by atoms with E-state index in [1.807, 2.05) is 0 Å². The predicted octanol–water partition coefficient (Wildman–Crippen LogP) is -0.292. The van der Waals surface area contributed by atoms with Crippen LogP contribution in [-0.4, -0.2) is 37.6 Å². The standard InChI is InChI=1S/C10H17N5O3S2/c11-8-7(9(16)13-4-5-20(12,17)18)19-10(15-8)14-6-2-1-3-6/h6H,1-5,11H2,(H,13,16)(H,14,15)(H2,12,17,18). The first-order valence-corrected chi connectivity index (χ1v) is 8.70. The second kappa shape index (κ2) is 5.94. The highest BCUT2D eigenvalue weighted by Gasteiger charge is 2.21. The first-order valence-electron chi connectivity index (χ1n) is 6.16. The number of primary sulfonamides is 1. The Labute approximate surface area is 121 Å². The van der Waals surface area contributed by atoms with Crippen molar-refractivity contribution in [3.63, 3.8) is 0 Å². The first kappa shape index (κ1) is 15.0. The van der Waals surface area contributed by atoms with Crippen LogP contribution in [-0.2, 0) is 10.0 Å². The van der Waals surface area contributed by atoms with E-state index in [9.17, 15) is 13.2 Å². The number of nitrogens with zero attached hydrogens (tertiary/aromatic N) is 1. The molecule has 1 aromatic heterocycles. The SMILES string of the molecule is Nc1nc(NC2CCC2)sc1C(=O)NCCS(N)(=O)=O. The zero-order valence-electron chi connectivity index (χ0n) is 10.8. The molecule has 1 heterocycles. The van der Waals surface area contributed by atoms with Gasteiger partial charge in [-0.1, -0.05) is 11.3 Å². The van der Waals surface area contributed by atoms with Crippen LogP contribution in [0.25, 0.3) is 0 Å². The second-order valence-corrected chi connectivity index (χ2v) is 7.36. The molecule has 0 aliphatic heterocycles. The van der Waals surface area contributed by atoms with Crippen LogP contribution in [0, 0.1) is 0 Å². The third kappa shape index (κ3) is 4.05. The van der Waals surface area contributed by atoms with Crippen LogP contribution in [0.1, 0.15) is 28.9 Å². The molecule has 0 saturated heterocycles. The van der Waals surface area contributed by atoms with Crippen molar-refractivity contribution in [3.05, 3.63) is 4.88 Å². The number of nitrogens with two attached hydrogens (primary N) is 2. The van der Waals surface area contributed by atoms with Gasteiger partial charge < -0.3 is 16.4 Å². The number of rotatable bonds is 6. The van der Waals surface area contributed by atoms with Gasteiger partial charge in [-0.05, 0) is 19.3 Å². The van der Waals surface area contributed by atoms with Crippen LogP contribution in [0.2, 0.25) is 0 Å². The van der Waals surface area contributed by atoms with Crippen molar-refractivity contribution in [3.8, 4) is 0 Å². The van der Waals surface area contributed by atoms with E-state index in [2.05, 4.69) is 15.6 Å². The number of carbonyl (C=O) groups excluding carboxylic acids is 1. The van der Waals surface area contributed by atoms with E-state index in [4.69, 9.17) is 10.9 Å². The summed E-state index contributed by atoms with van der Waals surface area (Å²) in [6.45, 7) is -0.0552. The van der Waals surface area contributed by atoms with Gasteiger partial charge in [0.1, 0.15) is 10.7 Å². The van der Waals surface area contributed by atoms with Crippen molar-refractivity contribution in [2.24, 2.45) is 5.14 Å². The summed E-state index contributed by atoms with van der Waals surface area (Å²) >= 11 is 1.16. The van der Waals surface area contributed by atoms with E-state index in [0.29, 0.717) is 11.2 Å². The number of nitrogen functional groups attached to an aromatic ring is 1. The van der Waals surface area contributed by atoms with Gasteiger partial charge >= 0.3 is 0 Å². The maximum Gasteiger partial charge on any atom is 0.265 e. The first-order chi connectivity index (χ1) is 9.35. The lowest BCUT2D eigenvalue weighted by Crippen LogP contribution is -2.31. The van der Waals surface area contributed by atoms with Gasteiger partial charge in [-0.15, -0.1) is 0 Å². The van der Waals surface area contributed by atoms with E-state index in [0.717, 1.165) is 24.2 Å². The Morgan fingerprint density at radius 3 is 2.70 bits per heavy atom. The molecule has 20 heavy (non-hydrogen) atoms. The normalized spacial score (nSPS) is 15.7. The zero-order valence-corrected chi connectivity index (χ0v) is 12.4. The predicted molar refractivity (Wildman–Crippen MR) is 78.1 cm³/mol. The minimum atomic E-state index is -3.59. The van der Waals surface area contributed by atoms with Crippen molar-refractivity contribution in [1.29, 1.82) is 0 Å². The number of hydrogen-bond acceptors (Lipinski definition) is 7. The van der Waals surface area contributed by atoms with Gasteiger partial charge in [0, 0.05) is 12.6 Å². The molecule has 0 atom stereocenters. The molecule has 0 unspecified atom stereocenters. The van der Waals surface area contributed by atoms with Gasteiger partial charge in [-0.3, -0.25) is 4.79 Å². The molecule has 112 valence electrons. The fourth-order valence-electron chi connectivity index (χ4n) is 1.67. The summed E-state index contributed by atoms with van der Waals surface area (Å²) in [5.41, 5.74) is 5.69. The summed E-state index contributed by atoms with van der Waals surface area (Å²) in [5.74, 6) is -0.611. The maximum absolute atomic E-state index is 11.8. The Morgan fingerprint density at radius 1 is 1.45 bits per heavy atom.